The third kappa shape index (κ3) is 4.63. The van der Waals surface area contributed by atoms with Crippen LogP contribution < -0.4 is 14.8 Å². The van der Waals surface area contributed by atoms with E-state index in [1.165, 1.54) is 0 Å². The van der Waals surface area contributed by atoms with Gasteiger partial charge in [0.15, 0.2) is 0 Å². The Bertz CT molecular complexity index is 573. The third-order valence-corrected chi connectivity index (χ3v) is 3.53. The Morgan fingerprint density at radius 1 is 1.24 bits per heavy atom. The van der Waals surface area contributed by atoms with Gasteiger partial charge in [-0.05, 0) is 46.6 Å². The molecule has 0 saturated carbocycles. The standard InChI is InChI=1S/C16H19BrN2O2/c1-3-8-18-16-7-4-12(10-19-16)11-21-15-6-5-13(20-2)9-14(15)17/h4-7,9-10H,3,8,11H2,1-2H3,(H,18,19). The lowest BCUT2D eigenvalue weighted by molar-refractivity contribution is 0.303. The minimum atomic E-state index is 0.478. The van der Waals surface area contributed by atoms with Crippen LogP contribution in [0, 0.1) is 0 Å². The van der Waals surface area contributed by atoms with Crippen molar-refractivity contribution in [3.8, 4) is 11.5 Å². The highest BCUT2D eigenvalue weighted by Crippen LogP contribution is 2.29. The van der Waals surface area contributed by atoms with Crippen LogP contribution in [-0.2, 0) is 6.61 Å². The van der Waals surface area contributed by atoms with E-state index >= 15 is 0 Å². The Kier molecular flexibility index (Phi) is 5.87. The number of aromatic nitrogens is 1. The molecule has 0 unspecified atom stereocenters. The lowest BCUT2D eigenvalue weighted by Gasteiger charge is -2.10. The average Bonchev–Trinajstić information content (AvgIpc) is 2.52. The van der Waals surface area contributed by atoms with Gasteiger partial charge in [0.05, 0.1) is 11.6 Å². The van der Waals surface area contributed by atoms with E-state index in [0.717, 1.165) is 40.3 Å². The van der Waals surface area contributed by atoms with Gasteiger partial charge in [-0.3, -0.25) is 0 Å². The zero-order chi connectivity index (χ0) is 15.1. The average molecular weight is 351 g/mol. The van der Waals surface area contributed by atoms with Crippen molar-refractivity contribution in [2.45, 2.75) is 20.0 Å². The molecule has 2 rings (SSSR count). The molecule has 0 aliphatic rings. The number of hydrogen-bond acceptors (Lipinski definition) is 4. The highest BCUT2D eigenvalue weighted by Gasteiger charge is 2.04. The lowest BCUT2D eigenvalue weighted by atomic mass is 10.3. The Morgan fingerprint density at radius 3 is 2.71 bits per heavy atom. The van der Waals surface area contributed by atoms with Gasteiger partial charge in [0.25, 0.3) is 0 Å². The van der Waals surface area contributed by atoms with E-state index in [-0.39, 0.29) is 0 Å². The van der Waals surface area contributed by atoms with E-state index in [1.807, 2.05) is 36.5 Å². The summed E-state index contributed by atoms with van der Waals surface area (Å²) >= 11 is 3.47. The van der Waals surface area contributed by atoms with E-state index in [4.69, 9.17) is 9.47 Å². The summed E-state index contributed by atoms with van der Waals surface area (Å²) in [6.07, 6.45) is 2.91. The van der Waals surface area contributed by atoms with Gasteiger partial charge in [-0.15, -0.1) is 0 Å². The molecule has 0 fully saturated rings. The summed E-state index contributed by atoms with van der Waals surface area (Å²) in [5, 5.41) is 3.24. The van der Waals surface area contributed by atoms with Crippen LogP contribution in [0.5, 0.6) is 11.5 Å². The fraction of sp³-hybridized carbons (Fsp3) is 0.312. The maximum atomic E-state index is 5.78. The van der Waals surface area contributed by atoms with Crippen molar-refractivity contribution >= 4 is 21.7 Å². The number of halogens is 1. The molecule has 0 atom stereocenters. The fourth-order valence-electron chi connectivity index (χ4n) is 1.75. The monoisotopic (exact) mass is 350 g/mol. The number of anilines is 1. The zero-order valence-corrected chi connectivity index (χ0v) is 13.8. The number of nitrogens with one attached hydrogen (secondary N) is 1. The number of methoxy groups -OCH3 is 1. The quantitative estimate of drug-likeness (QED) is 0.810. The molecule has 0 aliphatic carbocycles. The number of rotatable bonds is 7. The van der Waals surface area contributed by atoms with E-state index in [9.17, 15) is 0 Å². The predicted molar refractivity (Wildman–Crippen MR) is 88.0 cm³/mol. The number of ether oxygens (including phenoxy) is 2. The second-order valence-corrected chi connectivity index (χ2v) is 5.42. The van der Waals surface area contributed by atoms with Gasteiger partial charge in [-0.1, -0.05) is 13.0 Å². The van der Waals surface area contributed by atoms with E-state index < -0.39 is 0 Å². The smallest absolute Gasteiger partial charge is 0.134 e. The highest BCUT2D eigenvalue weighted by molar-refractivity contribution is 9.10. The summed E-state index contributed by atoms with van der Waals surface area (Å²) in [5.74, 6) is 2.47. The Labute approximate surface area is 133 Å². The van der Waals surface area contributed by atoms with Crippen molar-refractivity contribution in [1.82, 2.24) is 4.98 Å². The van der Waals surface area contributed by atoms with Crippen molar-refractivity contribution in [3.63, 3.8) is 0 Å². The van der Waals surface area contributed by atoms with Gasteiger partial charge in [0.1, 0.15) is 23.9 Å². The molecule has 1 N–H and O–H groups in total. The molecule has 1 aromatic carbocycles. The van der Waals surface area contributed by atoms with Crippen molar-refractivity contribution in [2.75, 3.05) is 19.0 Å². The molecule has 0 spiro atoms. The summed E-state index contributed by atoms with van der Waals surface area (Å²) in [5.41, 5.74) is 1.03. The SMILES string of the molecule is CCCNc1ccc(COc2ccc(OC)cc2Br)cn1. The van der Waals surface area contributed by atoms with Crippen LogP contribution in [0.1, 0.15) is 18.9 Å². The summed E-state index contributed by atoms with van der Waals surface area (Å²) in [6, 6.07) is 9.62. The van der Waals surface area contributed by atoms with Crippen molar-refractivity contribution in [1.29, 1.82) is 0 Å². The van der Waals surface area contributed by atoms with Crippen molar-refractivity contribution < 1.29 is 9.47 Å². The van der Waals surface area contributed by atoms with Crippen LogP contribution >= 0.6 is 15.9 Å². The Morgan fingerprint density at radius 2 is 2.10 bits per heavy atom. The first-order chi connectivity index (χ1) is 10.2. The summed E-state index contributed by atoms with van der Waals surface area (Å²) in [4.78, 5) is 4.36. The molecule has 2 aromatic rings. The number of hydrogen-bond donors (Lipinski definition) is 1. The van der Waals surface area contributed by atoms with Crippen LogP contribution in [0.3, 0.4) is 0 Å². The van der Waals surface area contributed by atoms with Crippen LogP contribution in [0.4, 0.5) is 5.82 Å². The van der Waals surface area contributed by atoms with Crippen LogP contribution in [-0.4, -0.2) is 18.6 Å². The molecule has 0 amide bonds. The maximum absolute atomic E-state index is 5.78. The van der Waals surface area contributed by atoms with E-state index in [0.29, 0.717) is 6.61 Å². The van der Waals surface area contributed by atoms with Crippen LogP contribution in [0.25, 0.3) is 0 Å². The molecule has 21 heavy (non-hydrogen) atoms. The minimum absolute atomic E-state index is 0.478. The second-order valence-electron chi connectivity index (χ2n) is 4.56. The topological polar surface area (TPSA) is 43.4 Å². The normalized spacial score (nSPS) is 10.2. The molecule has 0 radical (unpaired) electrons. The molecule has 1 aromatic heterocycles. The Hall–Kier alpha value is -1.75. The van der Waals surface area contributed by atoms with E-state index in [2.05, 4.69) is 33.2 Å². The van der Waals surface area contributed by atoms with Gasteiger partial charge in [-0.25, -0.2) is 4.98 Å². The molecule has 0 saturated heterocycles. The minimum Gasteiger partial charge on any atom is -0.497 e. The molecule has 5 heteroatoms. The molecule has 0 bridgehead atoms. The zero-order valence-electron chi connectivity index (χ0n) is 12.2. The van der Waals surface area contributed by atoms with Crippen LogP contribution in [0.15, 0.2) is 41.0 Å². The van der Waals surface area contributed by atoms with Gasteiger partial charge in [-0.2, -0.15) is 0 Å². The summed E-state index contributed by atoms with van der Waals surface area (Å²) in [7, 11) is 1.64. The number of pyridine rings is 1. The third-order valence-electron chi connectivity index (χ3n) is 2.91. The fourth-order valence-corrected chi connectivity index (χ4v) is 2.23. The molecular formula is C16H19BrN2O2. The van der Waals surface area contributed by atoms with Crippen molar-refractivity contribution in [2.24, 2.45) is 0 Å². The second kappa shape index (κ2) is 7.88. The molecule has 4 nitrogen and oxygen atoms in total. The first kappa shape index (κ1) is 15.6. The lowest BCUT2D eigenvalue weighted by Crippen LogP contribution is -2.03. The van der Waals surface area contributed by atoms with Gasteiger partial charge >= 0.3 is 0 Å². The Balaban J connectivity index is 1.93. The first-order valence-corrected chi connectivity index (χ1v) is 7.67. The molecule has 112 valence electrons. The maximum Gasteiger partial charge on any atom is 0.134 e. The van der Waals surface area contributed by atoms with Crippen molar-refractivity contribution in [3.05, 3.63) is 46.6 Å². The highest BCUT2D eigenvalue weighted by atomic mass is 79.9. The first-order valence-electron chi connectivity index (χ1n) is 6.88. The van der Waals surface area contributed by atoms with Crippen LogP contribution in [0.2, 0.25) is 0 Å². The predicted octanol–water partition coefficient (Wildman–Crippen LogP) is 4.25. The molecule has 0 aliphatic heterocycles. The van der Waals surface area contributed by atoms with Gasteiger partial charge in [0.2, 0.25) is 0 Å². The number of benzene rings is 1. The van der Waals surface area contributed by atoms with Gasteiger partial charge in [0, 0.05) is 18.3 Å². The van der Waals surface area contributed by atoms with E-state index in [1.54, 1.807) is 7.11 Å². The molecule has 1 heterocycles. The van der Waals surface area contributed by atoms with Gasteiger partial charge < -0.3 is 14.8 Å². The molecular weight excluding hydrogens is 332 g/mol. The number of nitrogens with zero attached hydrogens (tertiary/aromatic N) is 1. The largest absolute Gasteiger partial charge is 0.497 e. The summed E-state index contributed by atoms with van der Waals surface area (Å²) < 4.78 is 11.8. The summed E-state index contributed by atoms with van der Waals surface area (Å²) in [6.45, 7) is 3.54.